The Hall–Kier alpha value is -0.130. The summed E-state index contributed by atoms with van der Waals surface area (Å²) in [6.45, 7) is 1.60. The van der Waals surface area contributed by atoms with Gasteiger partial charge in [0.2, 0.25) is 0 Å². The number of rotatable bonds is 5. The van der Waals surface area contributed by atoms with Crippen molar-refractivity contribution in [2.45, 2.75) is 18.9 Å². The number of sulfone groups is 1. The van der Waals surface area contributed by atoms with Gasteiger partial charge in [0.15, 0.2) is 0 Å². The maximum absolute atomic E-state index is 10.9. The molecule has 1 aliphatic rings. The van der Waals surface area contributed by atoms with Crippen LogP contribution in [0, 0.1) is 5.92 Å². The van der Waals surface area contributed by atoms with Crippen molar-refractivity contribution in [2.24, 2.45) is 11.7 Å². The van der Waals surface area contributed by atoms with Gasteiger partial charge in [-0.05, 0) is 25.8 Å². The van der Waals surface area contributed by atoms with Crippen LogP contribution in [0.5, 0.6) is 0 Å². The number of nitrogens with two attached hydrogens (primary N) is 1. The summed E-state index contributed by atoms with van der Waals surface area (Å²) in [5.41, 5.74) is 5.67. The summed E-state index contributed by atoms with van der Waals surface area (Å²) in [6.07, 6.45) is 3.45. The highest BCUT2D eigenvalue weighted by atomic mass is 32.2. The van der Waals surface area contributed by atoms with E-state index in [2.05, 4.69) is 4.90 Å². The summed E-state index contributed by atoms with van der Waals surface area (Å²) < 4.78 is 21.8. The van der Waals surface area contributed by atoms with E-state index in [4.69, 9.17) is 5.73 Å². The fourth-order valence-electron chi connectivity index (χ4n) is 1.79. The predicted octanol–water partition coefficient (Wildman–Crippen LogP) is -0.300. The molecule has 1 rings (SSSR count). The number of hydrogen-bond donors (Lipinski definition) is 1. The van der Waals surface area contributed by atoms with Gasteiger partial charge < -0.3 is 10.6 Å². The fourth-order valence-corrected chi connectivity index (χ4v) is 2.43. The summed E-state index contributed by atoms with van der Waals surface area (Å²) >= 11 is 0. The molecule has 0 aromatic carbocycles. The van der Waals surface area contributed by atoms with E-state index in [1.807, 2.05) is 7.05 Å². The quantitative estimate of drug-likeness (QED) is 0.691. The fraction of sp³-hybridized carbons (Fsp3) is 1.00. The topological polar surface area (TPSA) is 63.4 Å². The molecule has 0 heterocycles. The predicted molar refractivity (Wildman–Crippen MR) is 57.9 cm³/mol. The smallest absolute Gasteiger partial charge is 0.148 e. The highest BCUT2D eigenvalue weighted by Crippen LogP contribution is 2.25. The maximum atomic E-state index is 10.9. The van der Waals surface area contributed by atoms with Gasteiger partial charge in [0.1, 0.15) is 9.84 Å². The molecule has 2 N–H and O–H groups in total. The van der Waals surface area contributed by atoms with E-state index >= 15 is 0 Å². The molecule has 0 spiro atoms. The van der Waals surface area contributed by atoms with Crippen molar-refractivity contribution in [3.63, 3.8) is 0 Å². The van der Waals surface area contributed by atoms with Gasteiger partial charge in [0, 0.05) is 25.4 Å². The zero-order valence-electron chi connectivity index (χ0n) is 8.94. The Balaban J connectivity index is 2.13. The van der Waals surface area contributed by atoms with Crippen LogP contribution in [-0.2, 0) is 9.84 Å². The molecule has 0 atom stereocenters. The Kier molecular flexibility index (Phi) is 3.92. The van der Waals surface area contributed by atoms with Crippen LogP contribution in [0.4, 0.5) is 0 Å². The van der Waals surface area contributed by atoms with E-state index in [0.717, 1.165) is 19.4 Å². The van der Waals surface area contributed by atoms with Crippen LogP contribution >= 0.6 is 0 Å². The van der Waals surface area contributed by atoms with Crippen molar-refractivity contribution in [2.75, 3.05) is 32.1 Å². The zero-order chi connectivity index (χ0) is 10.8. The lowest BCUT2D eigenvalue weighted by atomic mass is 9.81. The van der Waals surface area contributed by atoms with Crippen LogP contribution in [0.25, 0.3) is 0 Å². The first-order valence-corrected chi connectivity index (χ1v) is 7.05. The monoisotopic (exact) mass is 220 g/mol. The van der Waals surface area contributed by atoms with Crippen LogP contribution < -0.4 is 5.73 Å². The van der Waals surface area contributed by atoms with E-state index in [1.54, 1.807) is 0 Å². The molecule has 0 unspecified atom stereocenters. The second kappa shape index (κ2) is 4.59. The molecule has 0 radical (unpaired) electrons. The Morgan fingerprint density at radius 2 is 2.00 bits per heavy atom. The van der Waals surface area contributed by atoms with Crippen LogP contribution in [-0.4, -0.2) is 51.5 Å². The highest BCUT2D eigenvalue weighted by molar-refractivity contribution is 7.90. The van der Waals surface area contributed by atoms with Gasteiger partial charge in [0.05, 0.1) is 5.75 Å². The molecule has 14 heavy (non-hydrogen) atoms. The van der Waals surface area contributed by atoms with E-state index in [9.17, 15) is 8.42 Å². The zero-order valence-corrected chi connectivity index (χ0v) is 9.76. The standard InChI is InChI=1S/C9H20N2O2S/c1-11(3-4-14(2,12)13)7-8-5-9(10)6-8/h8-9H,3-7,10H2,1-2H3. The molecule has 0 bridgehead atoms. The Labute approximate surface area is 86.4 Å². The molecule has 84 valence electrons. The van der Waals surface area contributed by atoms with Crippen molar-refractivity contribution >= 4 is 9.84 Å². The maximum Gasteiger partial charge on any atom is 0.148 e. The third kappa shape index (κ3) is 4.39. The molecule has 0 amide bonds. The lowest BCUT2D eigenvalue weighted by molar-refractivity contribution is 0.188. The third-order valence-corrected chi connectivity index (χ3v) is 3.61. The largest absolute Gasteiger partial charge is 0.328 e. The molecular formula is C9H20N2O2S. The van der Waals surface area contributed by atoms with Gasteiger partial charge in [-0.25, -0.2) is 8.42 Å². The minimum absolute atomic E-state index is 0.252. The number of nitrogens with zero attached hydrogens (tertiary/aromatic N) is 1. The lowest BCUT2D eigenvalue weighted by Gasteiger charge is -2.35. The number of hydrogen-bond acceptors (Lipinski definition) is 4. The summed E-state index contributed by atoms with van der Waals surface area (Å²) in [5.74, 6) is 0.928. The summed E-state index contributed by atoms with van der Waals surface area (Å²) in [7, 11) is -0.854. The van der Waals surface area contributed by atoms with Gasteiger partial charge in [0.25, 0.3) is 0 Å². The molecule has 0 aromatic heterocycles. The van der Waals surface area contributed by atoms with Gasteiger partial charge in [-0.15, -0.1) is 0 Å². The normalized spacial score (nSPS) is 27.7. The molecule has 0 saturated heterocycles. The molecule has 5 heteroatoms. The van der Waals surface area contributed by atoms with Crippen LogP contribution in [0.2, 0.25) is 0 Å². The van der Waals surface area contributed by atoms with Crippen molar-refractivity contribution in [3.8, 4) is 0 Å². The second-order valence-electron chi connectivity index (χ2n) is 4.49. The van der Waals surface area contributed by atoms with E-state index < -0.39 is 9.84 Å². The molecule has 1 aliphatic carbocycles. The molecule has 0 aliphatic heterocycles. The Morgan fingerprint density at radius 1 is 1.43 bits per heavy atom. The first-order chi connectivity index (χ1) is 6.37. The lowest BCUT2D eigenvalue weighted by Crippen LogP contribution is -2.42. The van der Waals surface area contributed by atoms with Crippen LogP contribution in [0.1, 0.15) is 12.8 Å². The average Bonchev–Trinajstić information content (AvgIpc) is 1.97. The van der Waals surface area contributed by atoms with E-state index in [1.165, 1.54) is 6.26 Å². The molecule has 0 aromatic rings. The molecule has 1 saturated carbocycles. The first kappa shape index (κ1) is 11.9. The average molecular weight is 220 g/mol. The van der Waals surface area contributed by atoms with Gasteiger partial charge in [-0.1, -0.05) is 0 Å². The van der Waals surface area contributed by atoms with Crippen LogP contribution in [0.3, 0.4) is 0 Å². The van der Waals surface area contributed by atoms with Gasteiger partial charge >= 0.3 is 0 Å². The van der Waals surface area contributed by atoms with Gasteiger partial charge in [-0.2, -0.15) is 0 Å². The van der Waals surface area contributed by atoms with E-state index in [-0.39, 0.29) is 5.75 Å². The highest BCUT2D eigenvalue weighted by Gasteiger charge is 2.26. The second-order valence-corrected chi connectivity index (χ2v) is 6.75. The Bertz CT molecular complexity index is 271. The minimum Gasteiger partial charge on any atom is -0.328 e. The van der Waals surface area contributed by atoms with Crippen molar-refractivity contribution < 1.29 is 8.42 Å². The third-order valence-electron chi connectivity index (χ3n) is 2.69. The van der Waals surface area contributed by atoms with Gasteiger partial charge in [-0.3, -0.25) is 0 Å². The summed E-state index contributed by atoms with van der Waals surface area (Å²) in [4.78, 5) is 2.08. The van der Waals surface area contributed by atoms with Crippen molar-refractivity contribution in [3.05, 3.63) is 0 Å². The first-order valence-electron chi connectivity index (χ1n) is 4.98. The Morgan fingerprint density at radius 3 is 2.43 bits per heavy atom. The summed E-state index contributed by atoms with van der Waals surface area (Å²) in [5, 5.41) is 0. The molecule has 1 fully saturated rings. The molecule has 4 nitrogen and oxygen atoms in total. The summed E-state index contributed by atoms with van der Waals surface area (Å²) in [6, 6.07) is 0.378. The van der Waals surface area contributed by atoms with E-state index in [0.29, 0.717) is 18.5 Å². The van der Waals surface area contributed by atoms with Crippen molar-refractivity contribution in [1.82, 2.24) is 4.90 Å². The van der Waals surface area contributed by atoms with Crippen molar-refractivity contribution in [1.29, 1.82) is 0 Å². The van der Waals surface area contributed by atoms with Crippen LogP contribution in [0.15, 0.2) is 0 Å². The SMILES string of the molecule is CN(CCS(C)(=O)=O)CC1CC(N)C1. The molecular weight excluding hydrogens is 200 g/mol. The minimum atomic E-state index is -2.82.